The van der Waals surface area contributed by atoms with Gasteiger partial charge in [-0.1, -0.05) is 6.42 Å². The van der Waals surface area contributed by atoms with Gasteiger partial charge in [0.25, 0.3) is 0 Å². The highest BCUT2D eigenvalue weighted by atomic mass is 16.5. The summed E-state index contributed by atoms with van der Waals surface area (Å²) in [6.45, 7) is 6.16. The first-order chi connectivity index (χ1) is 8.63. The summed E-state index contributed by atoms with van der Waals surface area (Å²) in [6.07, 6.45) is 4.30. The van der Waals surface area contributed by atoms with Crippen LogP contribution < -0.4 is 5.73 Å². The van der Waals surface area contributed by atoms with Crippen LogP contribution in [0.15, 0.2) is 0 Å². The molecule has 3 unspecified atom stereocenters. The number of carbonyl (C=O) groups excluding carboxylic acids is 1. The summed E-state index contributed by atoms with van der Waals surface area (Å²) in [5.74, 6) is 0.996. The van der Waals surface area contributed by atoms with Crippen LogP contribution in [0.2, 0.25) is 0 Å². The van der Waals surface area contributed by atoms with Gasteiger partial charge in [-0.05, 0) is 45.6 Å². The summed E-state index contributed by atoms with van der Waals surface area (Å²) in [7, 11) is 1.68. The smallest absolute Gasteiger partial charge is 0.226 e. The fourth-order valence-electron chi connectivity index (χ4n) is 2.98. The van der Waals surface area contributed by atoms with Crippen LogP contribution in [0.25, 0.3) is 0 Å². The highest BCUT2D eigenvalue weighted by Crippen LogP contribution is 2.30. The molecule has 0 aromatic carbocycles. The lowest BCUT2D eigenvalue weighted by molar-refractivity contribution is -0.140. The number of nitrogens with two attached hydrogens (primary N) is 1. The normalized spacial score (nSPS) is 25.8. The molecule has 1 aliphatic carbocycles. The van der Waals surface area contributed by atoms with E-state index in [1.54, 1.807) is 7.11 Å². The van der Waals surface area contributed by atoms with Gasteiger partial charge in [-0.15, -0.1) is 0 Å². The first-order valence-electron chi connectivity index (χ1n) is 7.13. The first-order valence-corrected chi connectivity index (χ1v) is 7.13. The summed E-state index contributed by atoms with van der Waals surface area (Å²) in [6, 6.07) is 0.158. The van der Waals surface area contributed by atoms with Gasteiger partial charge in [0.1, 0.15) is 0 Å². The maximum Gasteiger partial charge on any atom is 0.226 e. The van der Waals surface area contributed by atoms with Crippen molar-refractivity contribution in [2.45, 2.75) is 45.6 Å². The van der Waals surface area contributed by atoms with Crippen molar-refractivity contribution in [3.05, 3.63) is 0 Å². The van der Waals surface area contributed by atoms with Crippen molar-refractivity contribution in [1.29, 1.82) is 0 Å². The van der Waals surface area contributed by atoms with E-state index < -0.39 is 0 Å². The lowest BCUT2D eigenvalue weighted by Gasteiger charge is -2.34. The quantitative estimate of drug-likeness (QED) is 0.786. The second-order valence-electron chi connectivity index (χ2n) is 5.39. The molecule has 106 valence electrons. The van der Waals surface area contributed by atoms with Gasteiger partial charge >= 0.3 is 0 Å². The fourth-order valence-corrected chi connectivity index (χ4v) is 2.98. The van der Waals surface area contributed by atoms with Crippen LogP contribution in [0.4, 0.5) is 0 Å². The molecule has 18 heavy (non-hydrogen) atoms. The van der Waals surface area contributed by atoms with Crippen LogP contribution >= 0.6 is 0 Å². The molecule has 0 saturated heterocycles. The number of hydrogen-bond donors (Lipinski definition) is 1. The van der Waals surface area contributed by atoms with Crippen molar-refractivity contribution < 1.29 is 9.53 Å². The minimum Gasteiger partial charge on any atom is -0.383 e. The molecule has 0 radical (unpaired) electrons. The van der Waals surface area contributed by atoms with Crippen molar-refractivity contribution >= 4 is 5.91 Å². The maximum atomic E-state index is 12.5. The van der Waals surface area contributed by atoms with E-state index in [0.717, 1.165) is 25.8 Å². The number of amides is 1. The SMILES string of the molecule is CCN(C(=O)C1CCCC(CN)C1)C(C)COC. The van der Waals surface area contributed by atoms with Gasteiger partial charge in [-0.2, -0.15) is 0 Å². The molecule has 0 aromatic heterocycles. The molecule has 0 aliphatic heterocycles. The van der Waals surface area contributed by atoms with E-state index in [1.165, 1.54) is 6.42 Å². The van der Waals surface area contributed by atoms with Crippen molar-refractivity contribution in [3.63, 3.8) is 0 Å². The number of nitrogens with zero attached hydrogens (tertiary/aromatic N) is 1. The summed E-state index contributed by atoms with van der Waals surface area (Å²) >= 11 is 0. The molecule has 0 heterocycles. The number of methoxy groups -OCH3 is 1. The third-order valence-electron chi connectivity index (χ3n) is 4.03. The molecule has 4 heteroatoms. The Bertz CT molecular complexity index is 258. The lowest BCUT2D eigenvalue weighted by atomic mass is 9.80. The Hall–Kier alpha value is -0.610. The average molecular weight is 256 g/mol. The zero-order valence-electron chi connectivity index (χ0n) is 12.0. The van der Waals surface area contributed by atoms with E-state index in [2.05, 4.69) is 0 Å². The predicted molar refractivity (Wildman–Crippen MR) is 73.2 cm³/mol. The molecular weight excluding hydrogens is 228 g/mol. The van der Waals surface area contributed by atoms with E-state index in [1.807, 2.05) is 18.7 Å². The molecule has 0 spiro atoms. The summed E-state index contributed by atoms with van der Waals surface area (Å²) in [5.41, 5.74) is 5.74. The Kier molecular flexibility index (Phi) is 6.65. The molecule has 3 atom stereocenters. The highest BCUT2D eigenvalue weighted by molar-refractivity contribution is 5.79. The van der Waals surface area contributed by atoms with Gasteiger partial charge in [-0.25, -0.2) is 0 Å². The lowest BCUT2D eigenvalue weighted by Crippen LogP contribution is -2.45. The number of carbonyl (C=O) groups is 1. The largest absolute Gasteiger partial charge is 0.383 e. The van der Waals surface area contributed by atoms with E-state index in [9.17, 15) is 4.79 Å². The van der Waals surface area contributed by atoms with Gasteiger partial charge in [0.2, 0.25) is 5.91 Å². The average Bonchev–Trinajstić information content (AvgIpc) is 2.40. The van der Waals surface area contributed by atoms with Crippen LogP contribution in [0.5, 0.6) is 0 Å². The molecular formula is C14H28N2O2. The second kappa shape index (κ2) is 7.74. The minimum absolute atomic E-state index is 0.158. The minimum atomic E-state index is 0.158. The predicted octanol–water partition coefficient (Wildman–Crippen LogP) is 1.63. The standard InChI is InChI=1S/C14H28N2O2/c1-4-16(11(2)10-18-3)14(17)13-7-5-6-12(8-13)9-15/h11-13H,4-10,15H2,1-3H3. The van der Waals surface area contributed by atoms with Gasteiger partial charge in [0.15, 0.2) is 0 Å². The van der Waals surface area contributed by atoms with Crippen molar-refractivity contribution in [2.24, 2.45) is 17.6 Å². The van der Waals surface area contributed by atoms with Crippen LogP contribution in [-0.2, 0) is 9.53 Å². The number of ether oxygens (including phenoxy) is 1. The van der Waals surface area contributed by atoms with Crippen LogP contribution in [0.1, 0.15) is 39.5 Å². The van der Waals surface area contributed by atoms with E-state index in [4.69, 9.17) is 10.5 Å². The van der Waals surface area contributed by atoms with Gasteiger partial charge in [0.05, 0.1) is 12.6 Å². The van der Waals surface area contributed by atoms with Gasteiger partial charge in [0, 0.05) is 19.6 Å². The summed E-state index contributed by atoms with van der Waals surface area (Å²) < 4.78 is 5.15. The van der Waals surface area contributed by atoms with Crippen molar-refractivity contribution in [2.75, 3.05) is 26.8 Å². The van der Waals surface area contributed by atoms with Gasteiger partial charge in [-0.3, -0.25) is 4.79 Å². The molecule has 0 bridgehead atoms. The molecule has 1 rings (SSSR count). The van der Waals surface area contributed by atoms with E-state index >= 15 is 0 Å². The monoisotopic (exact) mass is 256 g/mol. The zero-order chi connectivity index (χ0) is 13.5. The summed E-state index contributed by atoms with van der Waals surface area (Å²) in [4.78, 5) is 14.5. The van der Waals surface area contributed by atoms with E-state index in [-0.39, 0.29) is 12.0 Å². The Morgan fingerprint density at radius 2 is 2.22 bits per heavy atom. The van der Waals surface area contributed by atoms with Crippen molar-refractivity contribution in [3.8, 4) is 0 Å². The van der Waals surface area contributed by atoms with Crippen LogP contribution in [0.3, 0.4) is 0 Å². The molecule has 4 nitrogen and oxygen atoms in total. The third-order valence-corrected chi connectivity index (χ3v) is 4.03. The second-order valence-corrected chi connectivity index (χ2v) is 5.39. The molecule has 0 aromatic rings. The topological polar surface area (TPSA) is 55.6 Å². The van der Waals surface area contributed by atoms with Crippen LogP contribution in [0, 0.1) is 11.8 Å². The van der Waals surface area contributed by atoms with Crippen molar-refractivity contribution in [1.82, 2.24) is 4.90 Å². The van der Waals surface area contributed by atoms with Gasteiger partial charge < -0.3 is 15.4 Å². The third kappa shape index (κ3) is 3.95. The molecule has 1 amide bonds. The summed E-state index contributed by atoms with van der Waals surface area (Å²) in [5, 5.41) is 0. The Morgan fingerprint density at radius 3 is 2.78 bits per heavy atom. The highest BCUT2D eigenvalue weighted by Gasteiger charge is 2.30. The molecule has 2 N–H and O–H groups in total. The Balaban J connectivity index is 2.59. The maximum absolute atomic E-state index is 12.5. The Morgan fingerprint density at radius 1 is 1.50 bits per heavy atom. The first kappa shape index (κ1) is 15.4. The molecule has 1 saturated carbocycles. The fraction of sp³-hybridized carbons (Fsp3) is 0.929. The number of likely N-dealkylation sites (N-methyl/N-ethyl adjacent to an activating group) is 1. The zero-order valence-corrected chi connectivity index (χ0v) is 12.0. The molecule has 1 fully saturated rings. The number of hydrogen-bond acceptors (Lipinski definition) is 3. The Labute approximate surface area is 111 Å². The van der Waals surface area contributed by atoms with Crippen LogP contribution in [-0.4, -0.2) is 43.7 Å². The van der Waals surface area contributed by atoms with E-state index in [0.29, 0.717) is 25.0 Å². The number of rotatable bonds is 6. The molecule has 1 aliphatic rings.